The second-order valence-electron chi connectivity index (χ2n) is 14.8. The molecule has 4 unspecified atom stereocenters. The molecular weight excluding hydrogens is 672 g/mol. The Labute approximate surface area is 308 Å². The minimum absolute atomic E-state index is 0.0312. The van der Waals surface area contributed by atoms with Gasteiger partial charge in [-0.1, -0.05) is 29.4 Å². The Bertz CT molecular complexity index is 2080. The van der Waals surface area contributed by atoms with E-state index in [1.165, 1.54) is 0 Å². The number of benzene rings is 3. The molecule has 12 heteroatoms. The third-order valence-electron chi connectivity index (χ3n) is 11.4. The number of fused-ring (bicyclic) bond motifs is 1. The zero-order valence-electron chi connectivity index (χ0n) is 30.2. The molecule has 1 aliphatic carbocycles. The molecule has 8 rings (SSSR count). The fraction of sp³-hybridized carbons (Fsp3) is 0.415. The minimum atomic E-state index is -1.19. The van der Waals surface area contributed by atoms with Crippen LogP contribution in [-0.2, 0) is 10.2 Å². The Morgan fingerprint density at radius 3 is 2.47 bits per heavy atom. The van der Waals surface area contributed by atoms with Crippen molar-refractivity contribution in [1.29, 1.82) is 5.26 Å². The monoisotopic (exact) mass is 716 g/mol. The lowest BCUT2D eigenvalue weighted by Gasteiger charge is -2.36. The summed E-state index contributed by atoms with van der Waals surface area (Å²) in [5.41, 5.74) is 8.22. The molecule has 3 N–H and O–H groups in total. The van der Waals surface area contributed by atoms with Crippen LogP contribution in [0.4, 0.5) is 17.1 Å². The first-order chi connectivity index (χ1) is 25.6. The summed E-state index contributed by atoms with van der Waals surface area (Å²) in [7, 11) is 0. The van der Waals surface area contributed by atoms with Crippen molar-refractivity contribution in [2.45, 2.75) is 82.9 Å². The second kappa shape index (κ2) is 13.7. The van der Waals surface area contributed by atoms with Gasteiger partial charge in [-0.15, -0.1) is 0 Å². The Morgan fingerprint density at radius 1 is 1.00 bits per heavy atom. The smallest absolute Gasteiger partial charge is 0.262 e. The van der Waals surface area contributed by atoms with E-state index in [-0.39, 0.29) is 11.5 Å². The molecule has 3 fully saturated rings. The number of piperidine rings is 1. The zero-order valence-corrected chi connectivity index (χ0v) is 30.2. The SMILES string of the molecule is Cc1ccc(-c2c(C)noc2C)cc1N(CCOC1CCN(c2ccc3c(c2)C(=O)N(C2CCC(O)NC2O)C3=O)C1)c1ccc(C2(C#N)CC2)cc1. The average molecular weight is 717 g/mol. The number of nitriles is 1. The van der Waals surface area contributed by atoms with Gasteiger partial charge in [0.2, 0.25) is 0 Å². The summed E-state index contributed by atoms with van der Waals surface area (Å²) in [6.07, 6.45) is 1.14. The Morgan fingerprint density at radius 2 is 1.77 bits per heavy atom. The normalized spacial score (nSPS) is 23.3. The molecular formula is C41H44N6O6. The summed E-state index contributed by atoms with van der Waals surface area (Å²) < 4.78 is 12.0. The van der Waals surface area contributed by atoms with Gasteiger partial charge in [0.05, 0.1) is 47.1 Å². The summed E-state index contributed by atoms with van der Waals surface area (Å²) in [6.45, 7) is 8.42. The summed E-state index contributed by atoms with van der Waals surface area (Å²) >= 11 is 0. The van der Waals surface area contributed by atoms with Crippen LogP contribution in [0.25, 0.3) is 11.1 Å². The van der Waals surface area contributed by atoms with E-state index in [1.807, 2.05) is 19.9 Å². The van der Waals surface area contributed by atoms with E-state index in [1.54, 1.807) is 12.1 Å². The van der Waals surface area contributed by atoms with Gasteiger partial charge in [0.15, 0.2) is 0 Å². The van der Waals surface area contributed by atoms with Crippen molar-refractivity contribution in [3.8, 4) is 17.2 Å². The van der Waals surface area contributed by atoms with Gasteiger partial charge >= 0.3 is 0 Å². The van der Waals surface area contributed by atoms with Crippen molar-refractivity contribution in [2.24, 2.45) is 0 Å². The lowest BCUT2D eigenvalue weighted by atomic mass is 9.97. The van der Waals surface area contributed by atoms with Crippen molar-refractivity contribution in [2.75, 3.05) is 36.0 Å². The fourth-order valence-electron chi connectivity index (χ4n) is 8.19. The number of aryl methyl sites for hydroxylation is 3. The number of carbonyl (C=O) groups excluding carboxylic acids is 2. The molecule has 2 amide bonds. The molecule has 3 aromatic carbocycles. The van der Waals surface area contributed by atoms with Crippen molar-refractivity contribution < 1.29 is 29.1 Å². The van der Waals surface area contributed by atoms with Crippen LogP contribution in [0.2, 0.25) is 0 Å². The molecule has 274 valence electrons. The first kappa shape index (κ1) is 35.0. The Hall–Kier alpha value is -5.06. The Kier molecular flexibility index (Phi) is 9.07. The molecule has 4 atom stereocenters. The number of anilines is 3. The predicted molar refractivity (Wildman–Crippen MR) is 198 cm³/mol. The molecule has 4 aliphatic rings. The highest BCUT2D eigenvalue weighted by Crippen LogP contribution is 2.48. The van der Waals surface area contributed by atoms with Crippen molar-refractivity contribution in [3.05, 3.63) is 94.4 Å². The van der Waals surface area contributed by atoms with Crippen LogP contribution in [-0.4, -0.2) is 82.9 Å². The molecule has 12 nitrogen and oxygen atoms in total. The van der Waals surface area contributed by atoms with Gasteiger partial charge in [0, 0.05) is 42.3 Å². The number of aromatic nitrogens is 1. The molecule has 4 aromatic rings. The molecule has 1 saturated carbocycles. The van der Waals surface area contributed by atoms with Crippen LogP contribution in [0.5, 0.6) is 0 Å². The number of ether oxygens (including phenoxy) is 1. The largest absolute Gasteiger partial charge is 0.379 e. The van der Waals surface area contributed by atoms with Crippen LogP contribution in [0.15, 0.2) is 65.2 Å². The number of rotatable bonds is 10. The van der Waals surface area contributed by atoms with Crippen molar-refractivity contribution in [1.82, 2.24) is 15.4 Å². The summed E-state index contributed by atoms with van der Waals surface area (Å²) in [5, 5.41) is 36.9. The maximum absolute atomic E-state index is 13.5. The van der Waals surface area contributed by atoms with Crippen molar-refractivity contribution in [3.63, 3.8) is 0 Å². The van der Waals surface area contributed by atoms with Crippen LogP contribution in [0.3, 0.4) is 0 Å². The predicted octanol–water partition coefficient (Wildman–Crippen LogP) is 5.24. The summed E-state index contributed by atoms with van der Waals surface area (Å²) in [6, 6.07) is 21.8. The fourth-order valence-corrected chi connectivity index (χ4v) is 8.19. The number of amides is 2. The van der Waals surface area contributed by atoms with Crippen LogP contribution >= 0.6 is 0 Å². The van der Waals surface area contributed by atoms with Gasteiger partial charge in [0.1, 0.15) is 18.2 Å². The summed E-state index contributed by atoms with van der Waals surface area (Å²) in [5.74, 6) is -0.0839. The zero-order chi connectivity index (χ0) is 37.0. The second-order valence-corrected chi connectivity index (χ2v) is 14.8. The number of aliphatic hydroxyl groups excluding tert-OH is 2. The number of nitrogens with one attached hydrogen (secondary N) is 1. The number of hydrogen-bond donors (Lipinski definition) is 3. The van der Waals surface area contributed by atoms with Crippen LogP contribution in [0, 0.1) is 32.1 Å². The number of imide groups is 1. The minimum Gasteiger partial charge on any atom is -0.379 e. The molecule has 3 aliphatic heterocycles. The number of nitrogens with zero attached hydrogens (tertiary/aromatic N) is 5. The first-order valence-corrected chi connectivity index (χ1v) is 18.4. The van der Waals surface area contributed by atoms with E-state index in [4.69, 9.17) is 9.26 Å². The first-order valence-electron chi connectivity index (χ1n) is 18.4. The molecule has 0 bridgehead atoms. The maximum atomic E-state index is 13.5. The molecule has 2 saturated heterocycles. The lowest BCUT2D eigenvalue weighted by molar-refractivity contribution is -0.0413. The quantitative estimate of drug-likeness (QED) is 0.185. The van der Waals surface area contributed by atoms with E-state index < -0.39 is 30.3 Å². The van der Waals surface area contributed by atoms with Crippen LogP contribution < -0.4 is 15.1 Å². The third-order valence-corrected chi connectivity index (χ3v) is 11.4. The van der Waals surface area contributed by atoms with Gasteiger partial charge in [0.25, 0.3) is 11.8 Å². The maximum Gasteiger partial charge on any atom is 0.262 e. The number of aliphatic hydroxyl groups is 2. The third kappa shape index (κ3) is 6.38. The molecule has 4 heterocycles. The van der Waals surface area contributed by atoms with Crippen LogP contribution in [0.1, 0.15) is 75.4 Å². The summed E-state index contributed by atoms with van der Waals surface area (Å²) in [4.78, 5) is 32.3. The highest BCUT2D eigenvalue weighted by molar-refractivity contribution is 6.22. The number of carbonyl (C=O) groups is 2. The van der Waals surface area contributed by atoms with Crippen molar-refractivity contribution >= 4 is 28.9 Å². The highest BCUT2D eigenvalue weighted by atomic mass is 16.5. The molecule has 0 radical (unpaired) electrons. The molecule has 0 spiro atoms. The van der Waals surface area contributed by atoms with E-state index in [0.29, 0.717) is 43.7 Å². The van der Waals surface area contributed by atoms with E-state index in [0.717, 1.165) is 81.5 Å². The standard InChI is InChI=1S/C41H44N6O6/c1-24-4-5-27(37-25(2)44-53-26(37)3)20-35(24)46(29-8-6-28(7-9-29)41(23-42)15-16-41)18-19-52-31-14-17-45(22-31)30-10-11-32-33(21-30)40(51)47(39(32)50)34-12-13-36(48)43-38(34)49/h4-11,20-21,31,34,36,38,43,48-49H,12-19,22H2,1-3H3. The molecule has 53 heavy (non-hydrogen) atoms. The average Bonchev–Trinajstić information content (AvgIpc) is 3.59. The van der Waals surface area contributed by atoms with E-state index in [9.17, 15) is 25.1 Å². The van der Waals surface area contributed by atoms with E-state index in [2.05, 4.69) is 75.7 Å². The van der Waals surface area contributed by atoms with Gasteiger partial charge in [-0.05, 0) is 106 Å². The topological polar surface area (TPSA) is 155 Å². The lowest BCUT2D eigenvalue weighted by Crippen LogP contribution is -2.58. The number of hydrogen-bond acceptors (Lipinski definition) is 11. The molecule has 1 aromatic heterocycles. The van der Waals surface area contributed by atoms with Gasteiger partial charge in [-0.25, -0.2) is 0 Å². The highest BCUT2D eigenvalue weighted by Gasteiger charge is 2.46. The Balaban J connectivity index is 0.971. The van der Waals surface area contributed by atoms with Gasteiger partial charge in [-0.3, -0.25) is 19.8 Å². The van der Waals surface area contributed by atoms with E-state index >= 15 is 0 Å². The van der Waals surface area contributed by atoms with Gasteiger partial charge in [-0.2, -0.15) is 5.26 Å². The van der Waals surface area contributed by atoms with Gasteiger partial charge < -0.3 is 29.3 Å².